The van der Waals surface area contributed by atoms with Gasteiger partial charge >= 0.3 is 0 Å². The summed E-state index contributed by atoms with van der Waals surface area (Å²) in [6, 6.07) is 5.67. The Morgan fingerprint density at radius 1 is 1.17 bits per heavy atom. The van der Waals surface area contributed by atoms with Crippen LogP contribution in [0.25, 0.3) is 0 Å². The fourth-order valence-electron chi connectivity index (χ4n) is 4.88. The number of rotatable bonds is 6. The highest BCUT2D eigenvalue weighted by Crippen LogP contribution is 2.45. The van der Waals surface area contributed by atoms with Crippen molar-refractivity contribution in [3.63, 3.8) is 0 Å². The van der Waals surface area contributed by atoms with Gasteiger partial charge in [0.15, 0.2) is 0 Å². The highest BCUT2D eigenvalue weighted by Gasteiger charge is 2.45. The molecule has 0 amide bonds. The number of hydrogen-bond acceptors (Lipinski definition) is 5. The second-order valence-electron chi connectivity index (χ2n) is 8.77. The number of hydrogen-bond donors (Lipinski definition) is 1. The molecule has 0 radical (unpaired) electrons. The van der Waals surface area contributed by atoms with Crippen LogP contribution in [-0.4, -0.2) is 42.6 Å². The number of anilines is 2. The van der Waals surface area contributed by atoms with E-state index >= 15 is 4.39 Å². The van der Waals surface area contributed by atoms with E-state index in [4.69, 9.17) is 0 Å². The molecule has 8 heteroatoms. The molecule has 2 aliphatic heterocycles. The first-order valence-corrected chi connectivity index (χ1v) is 11.3. The van der Waals surface area contributed by atoms with Crippen molar-refractivity contribution in [2.75, 3.05) is 42.3 Å². The minimum absolute atomic E-state index is 0.130. The van der Waals surface area contributed by atoms with Crippen molar-refractivity contribution in [1.82, 2.24) is 9.88 Å². The first kappa shape index (κ1) is 20.0. The summed E-state index contributed by atoms with van der Waals surface area (Å²) >= 11 is 0.773. The third kappa shape index (κ3) is 3.99. The average molecular weight is 435 g/mol. The molecule has 5 rings (SSSR count). The quantitative estimate of drug-likeness (QED) is 0.526. The van der Waals surface area contributed by atoms with Crippen LogP contribution in [0, 0.1) is 42.3 Å². The summed E-state index contributed by atoms with van der Waals surface area (Å²) in [4.78, 5) is 8.19. The Balaban J connectivity index is 1.25. The van der Waals surface area contributed by atoms with Gasteiger partial charge in [0.05, 0.1) is 0 Å². The summed E-state index contributed by atoms with van der Waals surface area (Å²) < 4.78 is 45.7. The minimum atomic E-state index is -0.650. The van der Waals surface area contributed by atoms with E-state index in [1.54, 1.807) is 13.0 Å². The molecule has 4 nitrogen and oxygen atoms in total. The maximum Gasteiger partial charge on any atom is 0.214 e. The first-order valence-electron chi connectivity index (χ1n) is 10.5. The molecule has 2 saturated heterocycles. The van der Waals surface area contributed by atoms with Crippen molar-refractivity contribution in [3.8, 4) is 0 Å². The lowest BCUT2D eigenvalue weighted by Crippen LogP contribution is -2.31. The molecule has 2 aromatic rings. The number of aromatic nitrogens is 1. The van der Waals surface area contributed by atoms with Gasteiger partial charge in [-0.2, -0.15) is 4.39 Å². The topological polar surface area (TPSA) is 31.4 Å². The van der Waals surface area contributed by atoms with Gasteiger partial charge in [-0.15, -0.1) is 0 Å². The minimum Gasteiger partial charge on any atom is -0.371 e. The molecular formula is C22H25F3N4S. The van der Waals surface area contributed by atoms with Gasteiger partial charge in [-0.25, -0.2) is 13.8 Å². The molecule has 3 unspecified atom stereocenters. The summed E-state index contributed by atoms with van der Waals surface area (Å²) in [5.41, 5.74) is 1.07. The number of fused-ring (bicyclic) bond motifs is 1. The summed E-state index contributed by atoms with van der Waals surface area (Å²) in [6.07, 6.45) is 2.46. The van der Waals surface area contributed by atoms with Crippen molar-refractivity contribution in [3.05, 3.63) is 47.4 Å². The Labute approximate surface area is 179 Å². The van der Waals surface area contributed by atoms with E-state index in [1.165, 1.54) is 37.7 Å². The number of pyridine rings is 1. The van der Waals surface area contributed by atoms with Crippen LogP contribution in [0.15, 0.2) is 29.2 Å². The van der Waals surface area contributed by atoms with Gasteiger partial charge in [0.1, 0.15) is 22.3 Å². The maximum absolute atomic E-state index is 15.0. The molecular weight excluding hydrogens is 409 g/mol. The summed E-state index contributed by atoms with van der Waals surface area (Å²) in [5.74, 6) is 0.753. The predicted octanol–water partition coefficient (Wildman–Crippen LogP) is 4.70. The van der Waals surface area contributed by atoms with Crippen molar-refractivity contribution < 1.29 is 13.2 Å². The second kappa shape index (κ2) is 7.96. The zero-order valence-electron chi connectivity index (χ0n) is 16.9. The number of piperidine rings is 1. The summed E-state index contributed by atoms with van der Waals surface area (Å²) in [5, 5.41) is 0. The van der Waals surface area contributed by atoms with E-state index in [9.17, 15) is 8.78 Å². The molecule has 1 N–H and O–H groups in total. The lowest BCUT2D eigenvalue weighted by molar-refractivity contribution is 0.263. The molecule has 0 bridgehead atoms. The molecule has 3 aliphatic rings. The molecule has 160 valence electrons. The molecule has 3 heterocycles. The summed E-state index contributed by atoms with van der Waals surface area (Å²) in [7, 11) is 0. The average Bonchev–Trinajstić information content (AvgIpc) is 3.10. The van der Waals surface area contributed by atoms with E-state index in [-0.39, 0.29) is 10.7 Å². The van der Waals surface area contributed by atoms with Crippen LogP contribution in [0.1, 0.15) is 18.4 Å². The maximum atomic E-state index is 15.0. The largest absolute Gasteiger partial charge is 0.371 e. The fraction of sp³-hybridized carbons (Fsp3) is 0.500. The lowest BCUT2D eigenvalue weighted by Gasteiger charge is -2.24. The van der Waals surface area contributed by atoms with Crippen LogP contribution >= 0.6 is 11.9 Å². The van der Waals surface area contributed by atoms with Crippen molar-refractivity contribution >= 4 is 23.5 Å². The van der Waals surface area contributed by atoms with Crippen LogP contribution in [0.5, 0.6) is 0 Å². The highest BCUT2D eigenvalue weighted by atomic mass is 32.2. The monoisotopic (exact) mass is 434 g/mol. The normalized spacial score (nSPS) is 25.6. The Hall–Kier alpha value is -1.93. The molecule has 1 aliphatic carbocycles. The Bertz CT molecular complexity index is 946. The number of nitrogens with one attached hydrogen (secondary N) is 1. The van der Waals surface area contributed by atoms with Gasteiger partial charge in [0.25, 0.3) is 0 Å². The van der Waals surface area contributed by atoms with E-state index in [1.807, 2.05) is 0 Å². The van der Waals surface area contributed by atoms with Crippen LogP contribution in [0.2, 0.25) is 0 Å². The van der Waals surface area contributed by atoms with Crippen molar-refractivity contribution in [1.29, 1.82) is 0 Å². The van der Waals surface area contributed by atoms with Gasteiger partial charge in [-0.3, -0.25) is 0 Å². The Morgan fingerprint density at radius 2 is 1.97 bits per heavy atom. The predicted molar refractivity (Wildman–Crippen MR) is 113 cm³/mol. The van der Waals surface area contributed by atoms with Crippen molar-refractivity contribution in [2.24, 2.45) is 17.8 Å². The number of benzene rings is 1. The zero-order valence-corrected chi connectivity index (χ0v) is 17.7. The van der Waals surface area contributed by atoms with E-state index in [0.717, 1.165) is 49.8 Å². The lowest BCUT2D eigenvalue weighted by atomic mass is 10.1. The Morgan fingerprint density at radius 3 is 2.73 bits per heavy atom. The Kier molecular flexibility index (Phi) is 5.31. The number of likely N-dealkylation sites (tertiary alicyclic amines) is 1. The number of halogens is 3. The highest BCUT2D eigenvalue weighted by molar-refractivity contribution is 8.00. The molecule has 1 saturated carbocycles. The third-order valence-corrected chi connectivity index (χ3v) is 7.45. The smallest absolute Gasteiger partial charge is 0.214 e. The van der Waals surface area contributed by atoms with Crippen LogP contribution in [0.4, 0.5) is 24.7 Å². The SMILES string of the molecule is Cc1c(N2CCC(CN3CC4CC4C3)C2)cc(F)c(SNc2cccc(F)n2)c1F. The van der Waals surface area contributed by atoms with Crippen LogP contribution in [-0.2, 0) is 0 Å². The van der Waals surface area contributed by atoms with Crippen LogP contribution < -0.4 is 9.62 Å². The molecule has 0 spiro atoms. The fourth-order valence-corrected chi connectivity index (χ4v) is 5.60. The molecule has 3 atom stereocenters. The van der Waals surface area contributed by atoms with Gasteiger partial charge in [0, 0.05) is 44.0 Å². The van der Waals surface area contributed by atoms with Gasteiger partial charge < -0.3 is 14.5 Å². The molecule has 30 heavy (non-hydrogen) atoms. The van der Waals surface area contributed by atoms with Crippen molar-refractivity contribution in [2.45, 2.75) is 24.7 Å². The van der Waals surface area contributed by atoms with Crippen LogP contribution in [0.3, 0.4) is 0 Å². The summed E-state index contributed by atoms with van der Waals surface area (Å²) in [6.45, 7) is 6.89. The van der Waals surface area contributed by atoms with E-state index in [0.29, 0.717) is 17.2 Å². The molecule has 3 fully saturated rings. The van der Waals surface area contributed by atoms with Gasteiger partial charge in [-0.05, 0) is 67.7 Å². The van der Waals surface area contributed by atoms with E-state index < -0.39 is 17.6 Å². The first-order chi connectivity index (χ1) is 14.5. The van der Waals surface area contributed by atoms with Gasteiger partial charge in [-0.1, -0.05) is 6.07 Å². The molecule has 1 aromatic heterocycles. The molecule has 1 aromatic carbocycles. The van der Waals surface area contributed by atoms with Gasteiger partial charge in [0.2, 0.25) is 5.95 Å². The standard InChI is InChI=1S/C22H25F3N4S/c1-13-18(29-6-5-14(10-29)9-28-11-15-7-16(15)12-28)8-17(23)22(21(13)25)30-27-20-4-2-3-19(24)26-20/h2-4,8,14-16H,5-7,9-12H2,1H3,(H,26,27). The second-order valence-corrected chi connectivity index (χ2v) is 9.59. The van der Waals surface area contributed by atoms with E-state index in [2.05, 4.69) is 19.5 Å². The zero-order chi connectivity index (χ0) is 20.8. The number of nitrogens with zero attached hydrogens (tertiary/aromatic N) is 3. The third-order valence-electron chi connectivity index (χ3n) is 6.56.